The third-order valence-corrected chi connectivity index (χ3v) is 5.57. The van der Waals surface area contributed by atoms with Crippen LogP contribution in [-0.4, -0.2) is 21.2 Å². The minimum atomic E-state index is -0.409. The van der Waals surface area contributed by atoms with Crippen LogP contribution < -0.4 is 10.9 Å². The molecule has 0 spiro atoms. The highest BCUT2D eigenvalue weighted by molar-refractivity contribution is 7.99. The van der Waals surface area contributed by atoms with Gasteiger partial charge in [-0.2, -0.15) is 0 Å². The molecular formula is C18H18FN3O2S2. The van der Waals surface area contributed by atoms with E-state index < -0.39 is 5.82 Å². The predicted molar refractivity (Wildman–Crippen MR) is 105 cm³/mol. The lowest BCUT2D eigenvalue weighted by Crippen LogP contribution is -2.23. The van der Waals surface area contributed by atoms with Crippen molar-refractivity contribution < 1.29 is 9.18 Å². The molecule has 2 aromatic heterocycles. The number of thiophene rings is 1. The molecule has 0 atom stereocenters. The highest BCUT2D eigenvalue weighted by Crippen LogP contribution is 2.21. The van der Waals surface area contributed by atoms with Crippen molar-refractivity contribution in [3.8, 4) is 0 Å². The number of hydrogen-bond donors (Lipinski definition) is 1. The molecule has 0 fully saturated rings. The SMILES string of the molecule is CCCCn1c(SCC(=O)Nc2cccc(F)c2)nc2ccsc2c1=O. The van der Waals surface area contributed by atoms with E-state index in [1.54, 1.807) is 10.6 Å². The van der Waals surface area contributed by atoms with E-state index in [1.807, 2.05) is 11.4 Å². The number of rotatable bonds is 7. The number of unbranched alkanes of at least 4 members (excludes halogenated alkanes) is 1. The van der Waals surface area contributed by atoms with Gasteiger partial charge in [0, 0.05) is 12.2 Å². The van der Waals surface area contributed by atoms with Gasteiger partial charge in [-0.1, -0.05) is 31.2 Å². The maximum absolute atomic E-state index is 13.2. The summed E-state index contributed by atoms with van der Waals surface area (Å²) in [5, 5.41) is 5.02. The fourth-order valence-electron chi connectivity index (χ4n) is 2.44. The van der Waals surface area contributed by atoms with E-state index in [-0.39, 0.29) is 17.2 Å². The lowest BCUT2D eigenvalue weighted by atomic mass is 10.3. The summed E-state index contributed by atoms with van der Waals surface area (Å²) in [5.74, 6) is -0.596. The van der Waals surface area contributed by atoms with Crippen LogP contribution in [0.2, 0.25) is 0 Å². The van der Waals surface area contributed by atoms with Crippen molar-refractivity contribution >= 4 is 44.9 Å². The van der Waals surface area contributed by atoms with Gasteiger partial charge >= 0.3 is 0 Å². The lowest BCUT2D eigenvalue weighted by molar-refractivity contribution is -0.113. The summed E-state index contributed by atoms with van der Waals surface area (Å²) in [6, 6.07) is 7.54. The third kappa shape index (κ3) is 4.31. The largest absolute Gasteiger partial charge is 0.325 e. The first-order chi connectivity index (χ1) is 12.6. The molecule has 1 aromatic carbocycles. The van der Waals surface area contributed by atoms with Crippen LogP contribution in [0.15, 0.2) is 45.7 Å². The molecule has 1 N–H and O–H groups in total. The van der Waals surface area contributed by atoms with Gasteiger partial charge in [-0.15, -0.1) is 11.3 Å². The molecule has 1 amide bonds. The number of carbonyl (C=O) groups excluding carboxylic acids is 1. The van der Waals surface area contributed by atoms with Gasteiger partial charge in [-0.3, -0.25) is 14.2 Å². The maximum atomic E-state index is 13.2. The number of fused-ring (bicyclic) bond motifs is 1. The van der Waals surface area contributed by atoms with Crippen LogP contribution in [0.3, 0.4) is 0 Å². The number of carbonyl (C=O) groups is 1. The standard InChI is InChI=1S/C18H18FN3O2S2/c1-2-3-8-22-17(24)16-14(7-9-25-16)21-18(22)26-11-15(23)20-13-6-4-5-12(19)10-13/h4-7,9-10H,2-3,8,11H2,1H3,(H,20,23). The molecule has 0 aliphatic carbocycles. The maximum Gasteiger partial charge on any atom is 0.272 e. The van der Waals surface area contributed by atoms with Crippen molar-refractivity contribution in [3.05, 3.63) is 51.9 Å². The van der Waals surface area contributed by atoms with Crippen molar-refractivity contribution in [2.75, 3.05) is 11.1 Å². The van der Waals surface area contributed by atoms with E-state index in [0.717, 1.165) is 12.8 Å². The fraction of sp³-hybridized carbons (Fsp3) is 0.278. The van der Waals surface area contributed by atoms with Crippen molar-refractivity contribution in [3.63, 3.8) is 0 Å². The van der Waals surface area contributed by atoms with Crippen LogP contribution in [0.25, 0.3) is 10.2 Å². The quantitative estimate of drug-likeness (QED) is 0.486. The molecule has 0 aliphatic rings. The van der Waals surface area contributed by atoms with E-state index in [1.165, 1.54) is 41.3 Å². The van der Waals surface area contributed by atoms with Crippen LogP contribution in [-0.2, 0) is 11.3 Å². The van der Waals surface area contributed by atoms with Crippen molar-refractivity contribution in [1.29, 1.82) is 0 Å². The smallest absolute Gasteiger partial charge is 0.272 e. The topological polar surface area (TPSA) is 64.0 Å². The Morgan fingerprint density at radius 3 is 3.00 bits per heavy atom. The van der Waals surface area contributed by atoms with Crippen LogP contribution in [0, 0.1) is 5.82 Å². The van der Waals surface area contributed by atoms with Gasteiger partial charge in [-0.05, 0) is 36.1 Å². The second-order valence-corrected chi connectivity index (χ2v) is 7.55. The molecule has 0 bridgehead atoms. The van der Waals surface area contributed by atoms with Gasteiger partial charge in [0.15, 0.2) is 5.16 Å². The summed E-state index contributed by atoms with van der Waals surface area (Å²) in [4.78, 5) is 29.4. The average Bonchev–Trinajstić information content (AvgIpc) is 3.08. The van der Waals surface area contributed by atoms with Gasteiger partial charge in [0.1, 0.15) is 10.5 Å². The molecule has 2 heterocycles. The normalized spacial score (nSPS) is 11.0. The molecule has 3 aromatic rings. The Bertz CT molecular complexity index is 984. The minimum absolute atomic E-state index is 0.0634. The molecule has 0 unspecified atom stereocenters. The molecule has 0 aliphatic heterocycles. The van der Waals surface area contributed by atoms with Crippen molar-refractivity contribution in [2.45, 2.75) is 31.5 Å². The average molecular weight is 391 g/mol. The summed E-state index contributed by atoms with van der Waals surface area (Å²) >= 11 is 2.59. The zero-order valence-corrected chi connectivity index (χ0v) is 15.8. The first-order valence-electron chi connectivity index (χ1n) is 8.24. The number of aromatic nitrogens is 2. The molecule has 5 nitrogen and oxygen atoms in total. The molecule has 3 rings (SSSR count). The van der Waals surface area contributed by atoms with E-state index in [4.69, 9.17) is 0 Å². The van der Waals surface area contributed by atoms with Gasteiger partial charge in [0.25, 0.3) is 5.56 Å². The van der Waals surface area contributed by atoms with E-state index >= 15 is 0 Å². The zero-order chi connectivity index (χ0) is 18.5. The van der Waals surface area contributed by atoms with Gasteiger partial charge in [-0.25, -0.2) is 9.37 Å². The van der Waals surface area contributed by atoms with E-state index in [0.29, 0.717) is 27.6 Å². The van der Waals surface area contributed by atoms with Gasteiger partial charge in [0.2, 0.25) is 5.91 Å². The summed E-state index contributed by atoms with van der Waals surface area (Å²) in [6.45, 7) is 2.63. The highest BCUT2D eigenvalue weighted by atomic mass is 32.2. The Kier molecular flexibility index (Phi) is 6.05. The van der Waals surface area contributed by atoms with E-state index in [9.17, 15) is 14.0 Å². The number of benzene rings is 1. The summed E-state index contributed by atoms with van der Waals surface area (Å²) < 4.78 is 15.5. The molecular weight excluding hydrogens is 373 g/mol. The first-order valence-corrected chi connectivity index (χ1v) is 10.1. The highest BCUT2D eigenvalue weighted by Gasteiger charge is 2.14. The third-order valence-electron chi connectivity index (χ3n) is 3.71. The lowest BCUT2D eigenvalue weighted by Gasteiger charge is -2.11. The number of amides is 1. The summed E-state index contributed by atoms with van der Waals surface area (Å²) in [5.41, 5.74) is 0.993. The number of thioether (sulfide) groups is 1. The molecule has 0 radical (unpaired) electrons. The number of nitrogens with zero attached hydrogens (tertiary/aromatic N) is 2. The molecule has 136 valence electrons. The van der Waals surface area contributed by atoms with Crippen LogP contribution in [0.1, 0.15) is 19.8 Å². The van der Waals surface area contributed by atoms with Crippen LogP contribution in [0.5, 0.6) is 0 Å². The predicted octanol–water partition coefficient (Wildman–Crippen LogP) is 4.13. The van der Waals surface area contributed by atoms with Crippen LogP contribution >= 0.6 is 23.1 Å². The first kappa shape index (κ1) is 18.6. The number of halogens is 1. The number of anilines is 1. The second-order valence-electron chi connectivity index (χ2n) is 5.69. The Morgan fingerprint density at radius 2 is 2.23 bits per heavy atom. The zero-order valence-electron chi connectivity index (χ0n) is 14.2. The molecule has 8 heteroatoms. The van der Waals surface area contributed by atoms with E-state index in [2.05, 4.69) is 17.2 Å². The summed E-state index contributed by atoms with van der Waals surface area (Å²) in [6.07, 6.45) is 1.82. The molecule has 0 saturated carbocycles. The Labute approximate surface area is 158 Å². The minimum Gasteiger partial charge on any atom is -0.325 e. The van der Waals surface area contributed by atoms with Crippen molar-refractivity contribution in [2.24, 2.45) is 0 Å². The Hall–Kier alpha value is -2.19. The molecule has 0 saturated heterocycles. The van der Waals surface area contributed by atoms with Crippen LogP contribution in [0.4, 0.5) is 10.1 Å². The number of hydrogen-bond acceptors (Lipinski definition) is 5. The summed E-state index contributed by atoms with van der Waals surface area (Å²) in [7, 11) is 0. The monoisotopic (exact) mass is 391 g/mol. The molecule has 26 heavy (non-hydrogen) atoms. The fourth-order valence-corrected chi connectivity index (χ4v) is 4.04. The number of nitrogens with one attached hydrogen (secondary N) is 1. The van der Waals surface area contributed by atoms with Gasteiger partial charge < -0.3 is 5.32 Å². The Morgan fingerprint density at radius 1 is 1.38 bits per heavy atom. The van der Waals surface area contributed by atoms with Crippen molar-refractivity contribution in [1.82, 2.24) is 9.55 Å². The Balaban J connectivity index is 1.76. The second kappa shape index (κ2) is 8.46. The van der Waals surface area contributed by atoms with Gasteiger partial charge in [0.05, 0.1) is 11.3 Å².